The highest BCUT2D eigenvalue weighted by Gasteiger charge is 1.98. The molecule has 0 spiro atoms. The second-order valence-electron chi connectivity index (χ2n) is 1.58. The highest BCUT2D eigenvalue weighted by molar-refractivity contribution is 7.98. The van der Waals surface area contributed by atoms with Crippen LogP contribution in [0.3, 0.4) is 0 Å². The van der Waals surface area contributed by atoms with Gasteiger partial charge in [0.05, 0.1) is 7.11 Å². The van der Waals surface area contributed by atoms with E-state index in [1.165, 1.54) is 0 Å². The predicted molar refractivity (Wildman–Crippen MR) is 39.1 cm³/mol. The molecule has 0 saturated heterocycles. The van der Waals surface area contributed by atoms with Crippen molar-refractivity contribution in [3.05, 3.63) is 12.3 Å². The Hall–Kier alpha value is -0.570. The second kappa shape index (κ2) is 2.82. The largest absolute Gasteiger partial charge is 0.494 e. The van der Waals surface area contributed by atoms with Crippen molar-refractivity contribution in [2.75, 3.05) is 13.4 Å². The van der Waals surface area contributed by atoms with Gasteiger partial charge < -0.3 is 9.72 Å². The number of methoxy groups -OCH3 is 1. The van der Waals surface area contributed by atoms with Crippen LogP contribution in [0.1, 0.15) is 0 Å². The minimum absolute atomic E-state index is 0.919. The minimum Gasteiger partial charge on any atom is -0.494 e. The van der Waals surface area contributed by atoms with E-state index in [9.17, 15) is 0 Å². The number of hydrogen-bond donors (Lipinski definition) is 1. The molecule has 0 aliphatic rings. The van der Waals surface area contributed by atoms with Crippen molar-refractivity contribution in [1.29, 1.82) is 0 Å². The molecule has 1 N–H and O–H groups in total. The monoisotopic (exact) mass is 143 g/mol. The smallest absolute Gasteiger partial charge is 0.150 e. The lowest BCUT2D eigenvalue weighted by molar-refractivity contribution is 0.405. The molecule has 0 radical (unpaired) electrons. The van der Waals surface area contributed by atoms with E-state index in [2.05, 4.69) is 4.98 Å². The Kier molecular flexibility index (Phi) is 2.05. The lowest BCUT2D eigenvalue weighted by Gasteiger charge is -1.96. The molecule has 0 amide bonds. The van der Waals surface area contributed by atoms with Crippen LogP contribution in [0.2, 0.25) is 0 Å². The molecule has 0 bridgehead atoms. The molecule has 0 aliphatic heterocycles. The van der Waals surface area contributed by atoms with E-state index in [4.69, 9.17) is 4.74 Å². The average Bonchev–Trinajstić information content (AvgIpc) is 2.33. The number of hydrogen-bond acceptors (Lipinski definition) is 2. The first-order valence-electron chi connectivity index (χ1n) is 2.64. The lowest BCUT2D eigenvalue weighted by atomic mass is 10.6. The summed E-state index contributed by atoms with van der Waals surface area (Å²) >= 11 is 1.65. The summed E-state index contributed by atoms with van der Waals surface area (Å²) in [6.07, 6.45) is 3.87. The maximum atomic E-state index is 5.02. The van der Waals surface area contributed by atoms with Crippen LogP contribution >= 0.6 is 11.8 Å². The average molecular weight is 143 g/mol. The quantitative estimate of drug-likeness (QED) is 0.638. The fourth-order valence-corrected chi connectivity index (χ4v) is 1.20. The topological polar surface area (TPSA) is 25.0 Å². The van der Waals surface area contributed by atoms with E-state index in [0.717, 1.165) is 10.8 Å². The van der Waals surface area contributed by atoms with Gasteiger partial charge in [-0.1, -0.05) is 0 Å². The number of aromatic amines is 1. The van der Waals surface area contributed by atoms with Gasteiger partial charge in [0.25, 0.3) is 0 Å². The summed E-state index contributed by atoms with van der Waals surface area (Å²) < 4.78 is 5.02. The number of ether oxygens (including phenoxy) is 1. The Morgan fingerprint density at radius 3 is 2.89 bits per heavy atom. The zero-order chi connectivity index (χ0) is 6.69. The highest BCUT2D eigenvalue weighted by atomic mass is 32.2. The van der Waals surface area contributed by atoms with E-state index in [0.29, 0.717) is 0 Å². The standard InChI is InChI=1S/C6H9NOS/c1-8-5-3-4-7-6(5)9-2/h3-4,7H,1-2H3. The van der Waals surface area contributed by atoms with Crippen LogP contribution in [-0.2, 0) is 0 Å². The van der Waals surface area contributed by atoms with Gasteiger partial charge in [0.15, 0.2) is 0 Å². The highest BCUT2D eigenvalue weighted by Crippen LogP contribution is 2.24. The number of H-pyrrole nitrogens is 1. The van der Waals surface area contributed by atoms with E-state index in [1.807, 2.05) is 18.5 Å². The normalized spacial score (nSPS) is 9.56. The third-order valence-corrected chi connectivity index (χ3v) is 1.82. The van der Waals surface area contributed by atoms with Crippen molar-refractivity contribution in [3.63, 3.8) is 0 Å². The van der Waals surface area contributed by atoms with Crippen LogP contribution in [0.4, 0.5) is 0 Å². The first kappa shape index (κ1) is 6.55. The van der Waals surface area contributed by atoms with Crippen molar-refractivity contribution < 1.29 is 4.74 Å². The molecule has 0 atom stereocenters. The summed E-state index contributed by atoms with van der Waals surface area (Å²) in [7, 11) is 1.67. The second-order valence-corrected chi connectivity index (χ2v) is 2.40. The molecule has 0 unspecified atom stereocenters. The molecule has 0 aromatic carbocycles. The minimum atomic E-state index is 0.919. The summed E-state index contributed by atoms with van der Waals surface area (Å²) in [6, 6.07) is 1.91. The molecule has 0 fully saturated rings. The summed E-state index contributed by atoms with van der Waals surface area (Å²) in [5.74, 6) is 0.919. The first-order valence-corrected chi connectivity index (χ1v) is 3.86. The predicted octanol–water partition coefficient (Wildman–Crippen LogP) is 1.75. The Morgan fingerprint density at radius 2 is 2.44 bits per heavy atom. The third kappa shape index (κ3) is 1.21. The first-order chi connectivity index (χ1) is 4.38. The number of rotatable bonds is 2. The SMILES string of the molecule is COc1cc[nH]c1SC. The van der Waals surface area contributed by atoms with Gasteiger partial charge in [-0.2, -0.15) is 0 Å². The third-order valence-electron chi connectivity index (χ3n) is 1.10. The van der Waals surface area contributed by atoms with Crippen molar-refractivity contribution in [2.45, 2.75) is 5.03 Å². The van der Waals surface area contributed by atoms with Crippen molar-refractivity contribution >= 4 is 11.8 Å². The van der Waals surface area contributed by atoms with Crippen LogP contribution in [0, 0.1) is 0 Å². The molecule has 2 nitrogen and oxygen atoms in total. The van der Waals surface area contributed by atoms with Crippen LogP contribution in [0.5, 0.6) is 5.75 Å². The lowest BCUT2D eigenvalue weighted by Crippen LogP contribution is -1.80. The van der Waals surface area contributed by atoms with E-state index in [1.54, 1.807) is 18.9 Å². The van der Waals surface area contributed by atoms with Crippen LogP contribution in [0.25, 0.3) is 0 Å². The van der Waals surface area contributed by atoms with Gasteiger partial charge >= 0.3 is 0 Å². The molecular weight excluding hydrogens is 134 g/mol. The Morgan fingerprint density at radius 1 is 1.67 bits per heavy atom. The van der Waals surface area contributed by atoms with Gasteiger partial charge in [0, 0.05) is 6.20 Å². The zero-order valence-corrected chi connectivity index (χ0v) is 6.29. The molecule has 1 rings (SSSR count). The van der Waals surface area contributed by atoms with E-state index in [-0.39, 0.29) is 0 Å². The number of thioether (sulfide) groups is 1. The number of aromatic nitrogens is 1. The van der Waals surface area contributed by atoms with E-state index < -0.39 is 0 Å². The zero-order valence-electron chi connectivity index (χ0n) is 5.47. The summed E-state index contributed by atoms with van der Waals surface area (Å²) in [4.78, 5) is 3.04. The Labute approximate surface area is 58.6 Å². The molecule has 0 saturated carbocycles. The van der Waals surface area contributed by atoms with Crippen LogP contribution in [0.15, 0.2) is 17.3 Å². The summed E-state index contributed by atoms with van der Waals surface area (Å²) in [6.45, 7) is 0. The fourth-order valence-electron chi connectivity index (χ4n) is 0.660. The van der Waals surface area contributed by atoms with Crippen molar-refractivity contribution in [3.8, 4) is 5.75 Å². The molecule has 50 valence electrons. The Balaban J connectivity index is 2.85. The van der Waals surface area contributed by atoms with Crippen LogP contribution in [-0.4, -0.2) is 18.3 Å². The molecule has 1 aromatic rings. The maximum absolute atomic E-state index is 5.02. The fraction of sp³-hybridized carbons (Fsp3) is 0.333. The van der Waals surface area contributed by atoms with Crippen LogP contribution < -0.4 is 4.74 Å². The van der Waals surface area contributed by atoms with Crippen molar-refractivity contribution in [2.24, 2.45) is 0 Å². The van der Waals surface area contributed by atoms with Gasteiger partial charge in [0.1, 0.15) is 10.8 Å². The number of nitrogens with one attached hydrogen (secondary N) is 1. The van der Waals surface area contributed by atoms with Gasteiger partial charge in [0.2, 0.25) is 0 Å². The molecule has 3 heteroatoms. The Bertz CT molecular complexity index is 166. The van der Waals surface area contributed by atoms with Gasteiger partial charge in [-0.05, 0) is 12.3 Å². The van der Waals surface area contributed by atoms with Gasteiger partial charge in [-0.3, -0.25) is 0 Å². The molecule has 9 heavy (non-hydrogen) atoms. The molecular formula is C6H9NOS. The summed E-state index contributed by atoms with van der Waals surface area (Å²) in [5, 5.41) is 1.08. The van der Waals surface area contributed by atoms with Gasteiger partial charge in [-0.15, -0.1) is 11.8 Å². The molecule has 0 aliphatic carbocycles. The van der Waals surface area contributed by atoms with Gasteiger partial charge in [-0.25, -0.2) is 0 Å². The van der Waals surface area contributed by atoms with E-state index >= 15 is 0 Å². The summed E-state index contributed by atoms with van der Waals surface area (Å²) in [5.41, 5.74) is 0. The van der Waals surface area contributed by atoms with Crippen molar-refractivity contribution in [1.82, 2.24) is 4.98 Å². The maximum Gasteiger partial charge on any atom is 0.150 e. The molecule has 1 heterocycles. The molecule has 1 aromatic heterocycles.